The van der Waals surface area contributed by atoms with Crippen LogP contribution in [-0.4, -0.2) is 42.0 Å². The van der Waals surface area contributed by atoms with E-state index in [0.717, 1.165) is 30.9 Å². The molecule has 1 aromatic heterocycles. The van der Waals surface area contributed by atoms with Crippen molar-refractivity contribution in [1.82, 2.24) is 15.2 Å². The molecule has 0 saturated carbocycles. The van der Waals surface area contributed by atoms with Crippen molar-refractivity contribution in [2.24, 2.45) is 0 Å². The highest BCUT2D eigenvalue weighted by molar-refractivity contribution is 6.30. The van der Waals surface area contributed by atoms with Gasteiger partial charge in [0.1, 0.15) is 0 Å². The zero-order valence-electron chi connectivity index (χ0n) is 12.7. The van der Waals surface area contributed by atoms with E-state index < -0.39 is 0 Å². The van der Waals surface area contributed by atoms with Gasteiger partial charge in [-0.05, 0) is 29.8 Å². The Balaban J connectivity index is 1.66. The third-order valence-corrected chi connectivity index (χ3v) is 4.11. The Bertz CT molecular complexity index is 665. The third kappa shape index (κ3) is 4.28. The molecule has 1 saturated heterocycles. The molecule has 1 fully saturated rings. The lowest BCUT2D eigenvalue weighted by Crippen LogP contribution is -2.48. The summed E-state index contributed by atoms with van der Waals surface area (Å²) in [7, 11) is 0. The number of benzene rings is 1. The van der Waals surface area contributed by atoms with Gasteiger partial charge >= 0.3 is 0 Å². The minimum Gasteiger partial charge on any atom is -0.325 e. The number of amides is 1. The van der Waals surface area contributed by atoms with Gasteiger partial charge in [0, 0.05) is 48.8 Å². The van der Waals surface area contributed by atoms with Gasteiger partial charge in [-0.15, -0.1) is 0 Å². The molecule has 1 amide bonds. The monoisotopic (exact) mass is 330 g/mol. The van der Waals surface area contributed by atoms with Crippen molar-refractivity contribution < 1.29 is 4.79 Å². The summed E-state index contributed by atoms with van der Waals surface area (Å²) in [6, 6.07) is 11.3. The van der Waals surface area contributed by atoms with Crippen LogP contribution in [0, 0.1) is 0 Å². The molecule has 0 spiro atoms. The highest BCUT2D eigenvalue weighted by Gasteiger charge is 2.25. The number of hydrogen-bond donors (Lipinski definition) is 2. The molecule has 120 valence electrons. The first-order valence-electron chi connectivity index (χ1n) is 7.62. The van der Waals surface area contributed by atoms with Crippen molar-refractivity contribution in [1.29, 1.82) is 0 Å². The van der Waals surface area contributed by atoms with E-state index in [1.54, 1.807) is 18.3 Å². The number of carbonyl (C=O) groups excluding carboxylic acids is 1. The van der Waals surface area contributed by atoms with Gasteiger partial charge in [0.15, 0.2) is 0 Å². The Morgan fingerprint density at radius 1 is 1.39 bits per heavy atom. The molecule has 0 bridgehead atoms. The Morgan fingerprint density at radius 3 is 3.09 bits per heavy atom. The Hall–Kier alpha value is -1.95. The van der Waals surface area contributed by atoms with Gasteiger partial charge in [-0.1, -0.05) is 23.7 Å². The lowest BCUT2D eigenvalue weighted by molar-refractivity contribution is -0.118. The van der Waals surface area contributed by atoms with E-state index in [1.807, 2.05) is 30.5 Å². The smallest absolute Gasteiger partial charge is 0.238 e. The lowest BCUT2D eigenvalue weighted by Gasteiger charge is -2.35. The fourth-order valence-electron chi connectivity index (χ4n) is 2.79. The van der Waals surface area contributed by atoms with E-state index in [9.17, 15) is 4.79 Å². The van der Waals surface area contributed by atoms with Crippen LogP contribution in [0.25, 0.3) is 0 Å². The Morgan fingerprint density at radius 2 is 2.30 bits per heavy atom. The van der Waals surface area contributed by atoms with Crippen LogP contribution in [0.3, 0.4) is 0 Å². The summed E-state index contributed by atoms with van der Waals surface area (Å²) in [5, 5.41) is 6.89. The maximum Gasteiger partial charge on any atom is 0.238 e. The molecule has 1 aliphatic rings. The quantitative estimate of drug-likeness (QED) is 0.903. The van der Waals surface area contributed by atoms with E-state index in [1.165, 1.54) is 0 Å². The van der Waals surface area contributed by atoms with E-state index in [4.69, 9.17) is 11.6 Å². The van der Waals surface area contributed by atoms with Crippen LogP contribution >= 0.6 is 11.6 Å². The summed E-state index contributed by atoms with van der Waals surface area (Å²) in [6.07, 6.45) is 3.62. The minimum atomic E-state index is -0.0388. The second kappa shape index (κ2) is 7.55. The molecule has 6 heteroatoms. The van der Waals surface area contributed by atoms with Crippen LogP contribution < -0.4 is 10.6 Å². The van der Waals surface area contributed by atoms with E-state index in [2.05, 4.69) is 20.5 Å². The molecule has 1 aromatic carbocycles. The van der Waals surface area contributed by atoms with Crippen LogP contribution in [0.2, 0.25) is 5.02 Å². The molecule has 2 aromatic rings. The summed E-state index contributed by atoms with van der Waals surface area (Å²) in [5.74, 6) is -0.0388. The Labute approximate surface area is 140 Å². The molecular weight excluding hydrogens is 312 g/mol. The number of aromatic nitrogens is 1. The number of halogens is 1. The van der Waals surface area contributed by atoms with Gasteiger partial charge in [-0.25, -0.2) is 0 Å². The van der Waals surface area contributed by atoms with Crippen LogP contribution in [0.5, 0.6) is 0 Å². The zero-order valence-corrected chi connectivity index (χ0v) is 13.5. The summed E-state index contributed by atoms with van der Waals surface area (Å²) in [5.41, 5.74) is 1.84. The van der Waals surface area contributed by atoms with Crippen molar-refractivity contribution in [3.8, 4) is 0 Å². The first kappa shape index (κ1) is 15.9. The minimum absolute atomic E-state index is 0.0388. The van der Waals surface area contributed by atoms with Crippen molar-refractivity contribution in [2.45, 2.75) is 6.04 Å². The van der Waals surface area contributed by atoms with Gasteiger partial charge in [0.05, 0.1) is 6.54 Å². The first-order valence-corrected chi connectivity index (χ1v) is 8.00. The zero-order chi connectivity index (χ0) is 16.1. The van der Waals surface area contributed by atoms with Gasteiger partial charge in [-0.2, -0.15) is 0 Å². The van der Waals surface area contributed by atoms with Crippen LogP contribution in [0.15, 0.2) is 48.8 Å². The average Bonchev–Trinajstić information content (AvgIpc) is 2.56. The maximum absolute atomic E-state index is 12.3. The summed E-state index contributed by atoms with van der Waals surface area (Å²) >= 11 is 5.95. The van der Waals surface area contributed by atoms with Gasteiger partial charge in [-0.3, -0.25) is 14.7 Å². The number of hydrogen-bond acceptors (Lipinski definition) is 4. The third-order valence-electron chi connectivity index (χ3n) is 3.88. The number of anilines is 1. The number of piperazine rings is 1. The van der Waals surface area contributed by atoms with Crippen molar-refractivity contribution in [2.75, 3.05) is 31.5 Å². The lowest BCUT2D eigenvalue weighted by atomic mass is 10.1. The van der Waals surface area contributed by atoms with E-state index in [0.29, 0.717) is 11.6 Å². The predicted octanol–water partition coefficient (Wildman–Crippen LogP) is 2.32. The highest BCUT2D eigenvalue weighted by atomic mass is 35.5. The van der Waals surface area contributed by atoms with Crippen LogP contribution in [-0.2, 0) is 4.79 Å². The summed E-state index contributed by atoms with van der Waals surface area (Å²) < 4.78 is 0. The molecule has 0 radical (unpaired) electrons. The summed E-state index contributed by atoms with van der Waals surface area (Å²) in [4.78, 5) is 18.7. The van der Waals surface area contributed by atoms with E-state index in [-0.39, 0.29) is 11.9 Å². The Kier molecular flexibility index (Phi) is 5.23. The number of carbonyl (C=O) groups is 1. The predicted molar refractivity (Wildman–Crippen MR) is 91.5 cm³/mol. The normalized spacial score (nSPS) is 18.6. The second-order valence-corrected chi connectivity index (χ2v) is 5.97. The number of pyridine rings is 1. The maximum atomic E-state index is 12.3. The van der Waals surface area contributed by atoms with Crippen LogP contribution in [0.1, 0.15) is 11.6 Å². The number of rotatable bonds is 4. The largest absolute Gasteiger partial charge is 0.325 e. The van der Waals surface area contributed by atoms with Crippen molar-refractivity contribution in [3.63, 3.8) is 0 Å². The molecule has 1 atom stereocenters. The standard InChI is InChI=1S/C17H19ClN4O/c18-14-4-1-5-15(9-14)21-17(23)12-22-8-7-20-11-16(22)13-3-2-6-19-10-13/h1-6,9-10,16,20H,7-8,11-12H2,(H,21,23). The van der Waals surface area contributed by atoms with Crippen molar-refractivity contribution >= 4 is 23.2 Å². The molecule has 23 heavy (non-hydrogen) atoms. The van der Waals surface area contributed by atoms with Crippen LogP contribution in [0.4, 0.5) is 5.69 Å². The first-order chi connectivity index (χ1) is 11.2. The second-order valence-electron chi connectivity index (χ2n) is 5.54. The fourth-order valence-corrected chi connectivity index (χ4v) is 2.98. The number of nitrogens with zero attached hydrogens (tertiary/aromatic N) is 2. The molecule has 1 unspecified atom stereocenters. The molecule has 5 nitrogen and oxygen atoms in total. The van der Waals surface area contributed by atoms with Crippen molar-refractivity contribution in [3.05, 3.63) is 59.4 Å². The molecule has 0 aliphatic carbocycles. The molecular formula is C17H19ClN4O. The molecule has 3 rings (SSSR count). The molecule has 1 aliphatic heterocycles. The van der Waals surface area contributed by atoms with E-state index >= 15 is 0 Å². The topological polar surface area (TPSA) is 57.3 Å². The molecule has 2 heterocycles. The molecule has 2 N–H and O–H groups in total. The van der Waals surface area contributed by atoms with Gasteiger partial charge < -0.3 is 10.6 Å². The SMILES string of the molecule is O=C(CN1CCNCC1c1cccnc1)Nc1cccc(Cl)c1. The fraction of sp³-hybridized carbons (Fsp3) is 0.294. The average molecular weight is 331 g/mol. The van der Waals surface area contributed by atoms with Gasteiger partial charge in [0.2, 0.25) is 5.91 Å². The highest BCUT2D eigenvalue weighted by Crippen LogP contribution is 2.21. The van der Waals surface area contributed by atoms with Gasteiger partial charge in [0.25, 0.3) is 0 Å². The summed E-state index contributed by atoms with van der Waals surface area (Å²) in [6.45, 7) is 2.85. The number of nitrogens with one attached hydrogen (secondary N) is 2.